The number of amides is 2. The molecule has 0 spiro atoms. The Kier molecular flexibility index (Phi) is 5.99. The molecule has 3 aromatic rings. The molecule has 3 aromatic carbocycles. The van der Waals surface area contributed by atoms with Crippen molar-refractivity contribution in [3.63, 3.8) is 0 Å². The maximum Gasteiger partial charge on any atom is 0.272 e. The van der Waals surface area contributed by atoms with E-state index in [9.17, 15) is 19.7 Å². The maximum atomic E-state index is 12.6. The molecule has 1 atom stereocenters. The number of nitrogens with zero attached hydrogens (tertiary/aromatic N) is 1. The van der Waals surface area contributed by atoms with Crippen LogP contribution in [-0.4, -0.2) is 22.8 Å². The molecular formula is C22H19N3O4. The Bertz CT molecular complexity index is 1030. The summed E-state index contributed by atoms with van der Waals surface area (Å²) in [6, 6.07) is 21.6. The SMILES string of the molecule is NC(=O)[C@@H](Cc1ccccc1[N+](=O)[O-])NC(=O)c1ccc(-c2ccccc2)cc1. The fourth-order valence-corrected chi connectivity index (χ4v) is 2.99. The predicted octanol–water partition coefficient (Wildman–Crippen LogP) is 3.09. The number of benzene rings is 3. The summed E-state index contributed by atoms with van der Waals surface area (Å²) in [6.45, 7) is 0. The highest BCUT2D eigenvalue weighted by atomic mass is 16.6. The lowest BCUT2D eigenvalue weighted by Gasteiger charge is -2.16. The zero-order chi connectivity index (χ0) is 20.8. The Morgan fingerprint density at radius 1 is 0.897 bits per heavy atom. The fourth-order valence-electron chi connectivity index (χ4n) is 2.99. The zero-order valence-electron chi connectivity index (χ0n) is 15.4. The van der Waals surface area contributed by atoms with Crippen LogP contribution < -0.4 is 11.1 Å². The Balaban J connectivity index is 1.75. The molecule has 0 fully saturated rings. The van der Waals surface area contributed by atoms with Crippen molar-refractivity contribution in [3.8, 4) is 11.1 Å². The van der Waals surface area contributed by atoms with E-state index in [1.165, 1.54) is 18.2 Å². The topological polar surface area (TPSA) is 115 Å². The average Bonchev–Trinajstić information content (AvgIpc) is 2.74. The van der Waals surface area contributed by atoms with Gasteiger partial charge in [0, 0.05) is 23.6 Å². The second-order valence-corrected chi connectivity index (χ2v) is 6.46. The van der Waals surface area contributed by atoms with Gasteiger partial charge in [0.1, 0.15) is 6.04 Å². The zero-order valence-corrected chi connectivity index (χ0v) is 15.4. The molecule has 0 aliphatic heterocycles. The van der Waals surface area contributed by atoms with E-state index in [2.05, 4.69) is 5.32 Å². The first-order valence-corrected chi connectivity index (χ1v) is 8.93. The van der Waals surface area contributed by atoms with Gasteiger partial charge in [-0.2, -0.15) is 0 Å². The molecule has 3 rings (SSSR count). The van der Waals surface area contributed by atoms with Crippen LogP contribution in [0.1, 0.15) is 15.9 Å². The molecule has 0 radical (unpaired) electrons. The number of carbonyl (C=O) groups excluding carboxylic acids is 2. The van der Waals surface area contributed by atoms with Crippen molar-refractivity contribution in [2.75, 3.05) is 0 Å². The van der Waals surface area contributed by atoms with Gasteiger partial charge in [0.05, 0.1) is 4.92 Å². The van der Waals surface area contributed by atoms with E-state index in [0.717, 1.165) is 11.1 Å². The van der Waals surface area contributed by atoms with E-state index < -0.39 is 22.8 Å². The monoisotopic (exact) mass is 389 g/mol. The van der Waals surface area contributed by atoms with Gasteiger partial charge >= 0.3 is 0 Å². The van der Waals surface area contributed by atoms with Crippen molar-refractivity contribution in [2.45, 2.75) is 12.5 Å². The van der Waals surface area contributed by atoms with Crippen molar-refractivity contribution in [2.24, 2.45) is 5.73 Å². The summed E-state index contributed by atoms with van der Waals surface area (Å²) in [6.07, 6.45) is -0.0691. The molecule has 7 heteroatoms. The normalized spacial score (nSPS) is 11.4. The largest absolute Gasteiger partial charge is 0.368 e. The first-order chi connectivity index (χ1) is 14.0. The quantitative estimate of drug-likeness (QED) is 0.477. The highest BCUT2D eigenvalue weighted by molar-refractivity contribution is 5.97. The number of hydrogen-bond donors (Lipinski definition) is 2. The Labute approximate surface area is 167 Å². The molecule has 7 nitrogen and oxygen atoms in total. The number of nitrogens with one attached hydrogen (secondary N) is 1. The van der Waals surface area contributed by atoms with Crippen LogP contribution in [0.25, 0.3) is 11.1 Å². The molecule has 146 valence electrons. The summed E-state index contributed by atoms with van der Waals surface area (Å²) in [5.74, 6) is -1.25. The molecule has 0 bridgehead atoms. The molecule has 0 unspecified atom stereocenters. The van der Waals surface area contributed by atoms with Crippen LogP contribution in [0.2, 0.25) is 0 Å². The number of nitro groups is 1. The lowest BCUT2D eigenvalue weighted by molar-refractivity contribution is -0.385. The molecule has 0 saturated carbocycles. The summed E-state index contributed by atoms with van der Waals surface area (Å²) in [7, 11) is 0. The van der Waals surface area contributed by atoms with E-state index in [1.54, 1.807) is 18.2 Å². The van der Waals surface area contributed by atoms with Gasteiger partial charge in [0.25, 0.3) is 11.6 Å². The Morgan fingerprint density at radius 3 is 2.10 bits per heavy atom. The van der Waals surface area contributed by atoms with Gasteiger partial charge in [-0.1, -0.05) is 60.7 Å². The van der Waals surface area contributed by atoms with Gasteiger partial charge in [0.2, 0.25) is 5.91 Å². The van der Waals surface area contributed by atoms with Gasteiger partial charge < -0.3 is 11.1 Å². The minimum atomic E-state index is -1.07. The third-order valence-electron chi connectivity index (χ3n) is 4.52. The first kappa shape index (κ1) is 19.8. The minimum Gasteiger partial charge on any atom is -0.368 e. The third-order valence-corrected chi connectivity index (χ3v) is 4.52. The molecule has 29 heavy (non-hydrogen) atoms. The minimum absolute atomic E-state index is 0.0691. The van der Waals surface area contributed by atoms with Crippen LogP contribution in [-0.2, 0) is 11.2 Å². The maximum absolute atomic E-state index is 12.6. The van der Waals surface area contributed by atoms with Crippen LogP contribution >= 0.6 is 0 Å². The lowest BCUT2D eigenvalue weighted by atomic mass is 10.0. The highest BCUT2D eigenvalue weighted by Gasteiger charge is 2.23. The summed E-state index contributed by atoms with van der Waals surface area (Å²) >= 11 is 0. The smallest absolute Gasteiger partial charge is 0.272 e. The van der Waals surface area contributed by atoms with Crippen LogP contribution in [0.3, 0.4) is 0 Å². The number of nitrogens with two attached hydrogens (primary N) is 1. The van der Waals surface area contributed by atoms with E-state index in [1.807, 2.05) is 42.5 Å². The number of hydrogen-bond acceptors (Lipinski definition) is 4. The summed E-state index contributed by atoms with van der Waals surface area (Å²) < 4.78 is 0. The summed E-state index contributed by atoms with van der Waals surface area (Å²) in [5, 5.41) is 13.7. The first-order valence-electron chi connectivity index (χ1n) is 8.93. The van der Waals surface area contributed by atoms with Crippen molar-refractivity contribution >= 4 is 17.5 Å². The summed E-state index contributed by atoms with van der Waals surface area (Å²) in [4.78, 5) is 35.0. The molecule has 0 saturated heterocycles. The molecule has 0 aliphatic rings. The van der Waals surface area contributed by atoms with Gasteiger partial charge in [-0.3, -0.25) is 19.7 Å². The third kappa shape index (κ3) is 4.84. The number of para-hydroxylation sites is 1. The molecule has 0 heterocycles. The van der Waals surface area contributed by atoms with Crippen LogP contribution in [0.5, 0.6) is 0 Å². The van der Waals surface area contributed by atoms with Crippen molar-refractivity contribution in [3.05, 3.63) is 100 Å². The Hall–Kier alpha value is -4.00. The molecule has 0 aliphatic carbocycles. The second-order valence-electron chi connectivity index (χ2n) is 6.46. The number of primary amides is 1. The van der Waals surface area contributed by atoms with E-state index in [4.69, 9.17) is 5.73 Å². The summed E-state index contributed by atoms with van der Waals surface area (Å²) in [5.41, 5.74) is 7.94. The number of carbonyl (C=O) groups is 2. The van der Waals surface area contributed by atoms with E-state index in [0.29, 0.717) is 11.1 Å². The van der Waals surface area contributed by atoms with Crippen LogP contribution in [0, 0.1) is 10.1 Å². The van der Waals surface area contributed by atoms with E-state index in [-0.39, 0.29) is 12.1 Å². The number of nitro benzene ring substituents is 1. The van der Waals surface area contributed by atoms with E-state index >= 15 is 0 Å². The van der Waals surface area contributed by atoms with Crippen molar-refractivity contribution in [1.82, 2.24) is 5.32 Å². The standard InChI is InChI=1S/C22H19N3O4/c23-21(26)19(14-18-8-4-5-9-20(18)25(28)29)24-22(27)17-12-10-16(11-13-17)15-6-2-1-3-7-15/h1-13,19H,14H2,(H2,23,26)(H,24,27)/t19-/m1/s1. The van der Waals surface area contributed by atoms with Crippen LogP contribution in [0.15, 0.2) is 78.9 Å². The van der Waals surface area contributed by atoms with Crippen molar-refractivity contribution in [1.29, 1.82) is 0 Å². The van der Waals surface area contributed by atoms with Gasteiger partial charge in [-0.05, 0) is 23.3 Å². The molecule has 0 aromatic heterocycles. The molecular weight excluding hydrogens is 370 g/mol. The lowest BCUT2D eigenvalue weighted by Crippen LogP contribution is -2.45. The van der Waals surface area contributed by atoms with Crippen LogP contribution in [0.4, 0.5) is 5.69 Å². The van der Waals surface area contributed by atoms with Gasteiger partial charge in [0.15, 0.2) is 0 Å². The second kappa shape index (κ2) is 8.79. The Morgan fingerprint density at radius 2 is 1.48 bits per heavy atom. The highest BCUT2D eigenvalue weighted by Crippen LogP contribution is 2.21. The average molecular weight is 389 g/mol. The van der Waals surface area contributed by atoms with Gasteiger partial charge in [-0.15, -0.1) is 0 Å². The molecule has 2 amide bonds. The fraction of sp³-hybridized carbons (Fsp3) is 0.0909. The molecule has 3 N–H and O–H groups in total. The van der Waals surface area contributed by atoms with Gasteiger partial charge in [-0.25, -0.2) is 0 Å². The van der Waals surface area contributed by atoms with Crippen molar-refractivity contribution < 1.29 is 14.5 Å². The number of rotatable bonds is 7. The predicted molar refractivity (Wildman–Crippen MR) is 109 cm³/mol.